The van der Waals surface area contributed by atoms with Gasteiger partial charge in [0.15, 0.2) is 6.29 Å². The molecule has 9 aromatic rings. The Balaban J connectivity index is 0.00000133. The van der Waals surface area contributed by atoms with E-state index in [0.29, 0.717) is 59.0 Å². The van der Waals surface area contributed by atoms with Crippen LogP contribution in [0.1, 0.15) is 110 Å². The van der Waals surface area contributed by atoms with E-state index in [2.05, 4.69) is 68.7 Å². The van der Waals surface area contributed by atoms with Crippen molar-refractivity contribution in [1.82, 2.24) is 54.7 Å². The first-order chi connectivity index (χ1) is 53.6. The van der Waals surface area contributed by atoms with E-state index in [1.54, 1.807) is 106 Å². The number of nitrogens with two attached hydrogens (primary N) is 2. The molecule has 9 N–H and O–H groups in total. The molecule has 7 aromatic heterocycles. The largest absolute Gasteiger partial charge is 1.00 e. The predicted octanol–water partition coefficient (Wildman–Crippen LogP) is 10.7. The minimum Gasteiger partial charge on any atom is -0.512 e. The van der Waals surface area contributed by atoms with Crippen LogP contribution in [-0.2, 0) is 31.3 Å². The maximum absolute atomic E-state index is 13.4. The molecule has 0 unspecified atom stereocenters. The summed E-state index contributed by atoms with van der Waals surface area (Å²) in [5.74, 6) is -7.29. The van der Waals surface area contributed by atoms with E-state index in [0.717, 1.165) is 39.3 Å². The van der Waals surface area contributed by atoms with Crippen LogP contribution >= 0.6 is 76.8 Å². The molecule has 113 heavy (non-hydrogen) atoms. The number of aliphatic hydroxyl groups excluding tert-OH is 1. The number of benzene rings is 2. The van der Waals surface area contributed by atoms with Crippen LogP contribution in [0.15, 0.2) is 151 Å². The normalized spacial score (nSPS) is 13.2. The number of hydrogen-bond acceptors (Lipinski definition) is 28. The molecule has 42 heteroatoms. The van der Waals surface area contributed by atoms with Crippen molar-refractivity contribution >= 4 is 143 Å². The number of likely N-dealkylation sites (tertiary alicyclic amines) is 2. The Hall–Kier alpha value is -11.2. The third-order valence-corrected chi connectivity index (χ3v) is 16.6. The molecule has 2 aromatic carbocycles. The smallest absolute Gasteiger partial charge is 0.512 e. The number of halogens is 8. The number of rotatable bonds is 11. The molecule has 0 bridgehead atoms. The van der Waals surface area contributed by atoms with Crippen LogP contribution in [0, 0.1) is 85.8 Å². The number of methoxy groups -OCH3 is 3. The number of aromatic carboxylic acids is 1. The Kier molecular flexibility index (Phi) is 50.5. The molecule has 0 radical (unpaired) electrons. The monoisotopic (exact) mass is 1960 g/mol. The average molecular weight is 1970 g/mol. The van der Waals surface area contributed by atoms with Crippen LogP contribution in [-0.4, -0.2) is 192 Å². The fourth-order valence-corrected chi connectivity index (χ4v) is 10.8. The molecular formula is C71H70CuF5I3N20O12P. The fraction of sp³-hybridized carbons (Fsp3) is 0.211. The second-order valence-electron chi connectivity index (χ2n) is 21.0. The molecule has 4 atom stereocenters. The molecule has 598 valence electrons. The Morgan fingerprint density at radius 2 is 1.04 bits per heavy atom. The molecule has 2 fully saturated rings. The summed E-state index contributed by atoms with van der Waals surface area (Å²) >= 11 is 5.46. The van der Waals surface area contributed by atoms with Gasteiger partial charge >= 0.3 is 40.9 Å². The van der Waals surface area contributed by atoms with E-state index in [-0.39, 0.29) is 92.2 Å². The van der Waals surface area contributed by atoms with Crippen molar-refractivity contribution in [2.45, 2.75) is 50.9 Å². The van der Waals surface area contributed by atoms with Crippen molar-refractivity contribution < 1.29 is 97.0 Å². The van der Waals surface area contributed by atoms with Gasteiger partial charge in [0, 0.05) is 117 Å². The van der Waals surface area contributed by atoms with Gasteiger partial charge in [-0.05, 0) is 170 Å². The van der Waals surface area contributed by atoms with Gasteiger partial charge in [0.25, 0.3) is 11.8 Å². The van der Waals surface area contributed by atoms with Crippen LogP contribution in [0.5, 0.6) is 0 Å². The number of carboxylic acid groups (broad SMARTS) is 1. The molecular weight excluding hydrogens is 1900 g/mol. The summed E-state index contributed by atoms with van der Waals surface area (Å²) in [7, 11) is 9.03. The number of aromatic nitrogens is 9. The number of nitrogen functional groups attached to an aromatic ring is 1. The Morgan fingerprint density at radius 1 is 0.611 bits per heavy atom. The van der Waals surface area contributed by atoms with Crippen LogP contribution in [0.3, 0.4) is 0 Å². The minimum atomic E-state index is -1.29. The molecule has 32 nitrogen and oxygen atoms in total. The molecule has 9 heterocycles. The summed E-state index contributed by atoms with van der Waals surface area (Å²) in [4.78, 5) is 106. The molecule has 0 spiro atoms. The Morgan fingerprint density at radius 3 is 1.46 bits per heavy atom. The van der Waals surface area contributed by atoms with E-state index in [1.807, 2.05) is 83.3 Å². The van der Waals surface area contributed by atoms with Crippen molar-refractivity contribution in [2.24, 2.45) is 10.5 Å². The van der Waals surface area contributed by atoms with E-state index in [1.165, 1.54) is 80.3 Å². The summed E-state index contributed by atoms with van der Waals surface area (Å²) in [6, 6.07) is 29.9. The quantitative estimate of drug-likeness (QED) is 0.00540. The van der Waals surface area contributed by atoms with Gasteiger partial charge in [-0.3, -0.25) is 19.1 Å². The number of carboxylic acids is 1. The number of carbonyl (C=O) groups excluding carboxylic acids is 6. The van der Waals surface area contributed by atoms with E-state index >= 15 is 0 Å². The zero-order valence-electron chi connectivity index (χ0n) is 60.4. The number of pyridine rings is 6. The number of anilines is 2. The van der Waals surface area contributed by atoms with Crippen molar-refractivity contribution in [3.05, 3.63) is 244 Å². The van der Waals surface area contributed by atoms with Gasteiger partial charge < -0.3 is 73.7 Å². The minimum absolute atomic E-state index is 0. The topological polar surface area (TPSA) is 498 Å². The Bertz CT molecular complexity index is 4660. The number of aliphatic hydroxyl groups is 1. The number of carbonyl (C=O) groups is 7. The second kappa shape index (κ2) is 56.0. The summed E-state index contributed by atoms with van der Waals surface area (Å²) in [6.07, 6.45) is 14.7. The van der Waals surface area contributed by atoms with E-state index < -0.39 is 59.2 Å². The van der Waals surface area contributed by atoms with Gasteiger partial charge in [0.2, 0.25) is 29.7 Å². The molecule has 2 amide bonds. The van der Waals surface area contributed by atoms with E-state index in [9.17, 15) is 60.8 Å². The molecule has 2 aliphatic heterocycles. The van der Waals surface area contributed by atoms with Crippen LogP contribution in [0.25, 0.3) is 5.69 Å². The average Bonchev–Trinajstić information content (AvgIpc) is 1.70. The summed E-state index contributed by atoms with van der Waals surface area (Å²) < 4.78 is 80.9. The summed E-state index contributed by atoms with van der Waals surface area (Å²) in [5.41, 5.74) is 13.1. The Labute approximate surface area is 698 Å². The van der Waals surface area contributed by atoms with Crippen molar-refractivity contribution in [3.63, 3.8) is 0 Å². The number of nitrogens with zero attached hydrogens (tertiary/aromatic N) is 15. The predicted molar refractivity (Wildman–Crippen MR) is 424 cm³/mol. The van der Waals surface area contributed by atoms with Crippen LogP contribution < -0.4 is 16.8 Å². The fourth-order valence-electron chi connectivity index (χ4n) is 9.11. The maximum atomic E-state index is 13.4. The van der Waals surface area contributed by atoms with Crippen molar-refractivity contribution in [2.75, 3.05) is 59.6 Å². The number of nitrogens with one attached hydrogen (secondary N) is 3. The maximum Gasteiger partial charge on any atom is 1.00 e. The van der Waals surface area contributed by atoms with Gasteiger partial charge in [-0.15, -0.1) is 0 Å². The molecule has 11 rings (SSSR count). The first-order valence-corrected chi connectivity index (χ1v) is 35.0. The van der Waals surface area contributed by atoms with Gasteiger partial charge in [0.1, 0.15) is 40.2 Å². The van der Waals surface area contributed by atoms with Crippen molar-refractivity contribution in [3.8, 4) is 17.8 Å². The molecule has 2 saturated heterocycles. The number of amides is 2. The van der Waals surface area contributed by atoms with Crippen LogP contribution in [0.2, 0.25) is 0 Å². The summed E-state index contributed by atoms with van der Waals surface area (Å²) in [5, 5.41) is 63.3. The third-order valence-electron chi connectivity index (χ3n) is 13.9. The number of para-hydroxylation sites is 2. The van der Waals surface area contributed by atoms with Gasteiger partial charge in [-0.1, -0.05) is 30.3 Å². The SMILES string of the molecule is CN=P.CO.COC(=O)c1c(C#N)ccnc1F.COC(=O)c1c(C#N)ccnc1N[C@@H]1C[C@@H](C)N(C(=O)c2ccccc2-n2nccn2)C1.COC(=O)c1c(I)ccnc1F.C[C@@H]1C[C@@H](N)CN1C(=O)c1ccccc1N.Fc1ccccn1.N=CC=N.O=C(O)c1c(I)ccnc1F.O=Cc1c(I)ccnc1F.[C-]#N.[Cu+]. The van der Waals surface area contributed by atoms with Gasteiger partial charge in [0.05, 0.1) is 67.2 Å². The zero-order chi connectivity index (χ0) is 84.6. The zero-order valence-corrected chi connectivity index (χ0v) is 68.8. The number of esters is 3. The number of hydrogen-bond donors (Lipinski definition) is 7. The number of aldehydes is 1. The molecule has 2 aliphatic rings. The van der Waals surface area contributed by atoms with Gasteiger partial charge in [-0.2, -0.15) is 47.5 Å². The summed E-state index contributed by atoms with van der Waals surface area (Å²) in [6.45, 7) is 9.76. The van der Waals surface area contributed by atoms with E-state index in [4.69, 9.17) is 54.3 Å². The number of ether oxygens (including phenoxy) is 3. The number of nitriles is 2. The first kappa shape index (κ1) is 102. The van der Waals surface area contributed by atoms with Crippen molar-refractivity contribution in [1.29, 1.82) is 26.6 Å². The molecule has 0 aliphatic carbocycles. The van der Waals surface area contributed by atoms with Gasteiger partial charge in [-0.25, -0.2) is 49.1 Å². The second-order valence-corrected chi connectivity index (χ2v) is 24.9. The first-order valence-electron chi connectivity index (χ1n) is 31.3. The standard InChI is InChI=1S/C22H21N7O3.C12H17N3O.C8H5FN2O2.C7H5FINO2.C6H3FINO2.C6H3FINO.C5H4FN.C2H4N2.CH4NP.CN.CH4O.Cu/c1-14-11-16(27-20-19(22(31)32-2)15(12-23)7-8-24-20)13-28(14)21(30)17-5-3-4-6-18(17)29-25-9-10-26-29;1-8-6-9(13)7-15(8)12(16)10-4-2-3-5-11(10)14;1-13-8(12)6-5(4-10)2-3-11-7(6)9;1-12-7(11)5-4(9)2-3-10-6(5)8;7-5-4(6(10)11)3(8)1-2-9-5;7-6-4(3-10)5(8)1-2-9-6;6-5-3-1-2-4-7-5;3-1-2-4;1-2-3;2*1-2;/h3-10,14,16H,11,13H2,1-2H3,(H,24,27);2-5,8-9H,6-7,13-14H2,1H3;2-3H,1H3;2-3H,1H3;1-2H,(H,10,11);1-3H;1-4H;1-4H;3H,1H3;;2H,1H3;/q;;;;;;;;;-1;;+1/t14-,16-;8-,9-;;;;;;;;;;/m11........../s1. The van der Waals surface area contributed by atoms with Crippen LogP contribution in [0.4, 0.5) is 33.5 Å². The molecule has 0 saturated carbocycles. The third kappa shape index (κ3) is 32.9.